The first-order valence-electron chi connectivity index (χ1n) is 8.09. The van der Waals surface area contributed by atoms with E-state index >= 15 is 0 Å². The van der Waals surface area contributed by atoms with Crippen LogP contribution in [0.1, 0.15) is 19.4 Å². The van der Waals surface area contributed by atoms with Gasteiger partial charge in [0, 0.05) is 27.9 Å². The summed E-state index contributed by atoms with van der Waals surface area (Å²) in [7, 11) is 0. The summed E-state index contributed by atoms with van der Waals surface area (Å²) in [6.07, 6.45) is 0.995. The van der Waals surface area contributed by atoms with E-state index in [0.717, 1.165) is 22.9 Å². The minimum atomic E-state index is -0.164. The summed E-state index contributed by atoms with van der Waals surface area (Å²) in [5.74, 6) is 1.31. The summed E-state index contributed by atoms with van der Waals surface area (Å²) < 4.78 is 0. The maximum Gasteiger partial charge on any atom is 0.319 e. The van der Waals surface area contributed by atoms with E-state index in [9.17, 15) is 4.79 Å². The van der Waals surface area contributed by atoms with Crippen LogP contribution in [-0.4, -0.2) is 18.3 Å². The average Bonchev–Trinajstić information content (AvgIpc) is 2.60. The van der Waals surface area contributed by atoms with Gasteiger partial charge in [-0.25, -0.2) is 4.79 Å². The lowest BCUT2D eigenvalue weighted by molar-refractivity contribution is 0.251. The third-order valence-corrected chi connectivity index (χ3v) is 5.17. The van der Waals surface area contributed by atoms with Crippen molar-refractivity contribution in [2.45, 2.75) is 25.2 Å². The predicted molar refractivity (Wildman–Crippen MR) is 104 cm³/mol. The van der Waals surface area contributed by atoms with Crippen molar-refractivity contribution < 1.29 is 4.79 Å². The molecular formula is C19H23ClN2OS. The first-order valence-corrected chi connectivity index (χ1v) is 9.45. The maximum absolute atomic E-state index is 11.9. The standard InChI is InChI=1S/C19H23ClN2OS/c1-3-15-4-8-17(9-5-15)22-19(23)21-12-14(2)13-24-18-10-6-16(20)7-11-18/h4-11,14H,3,12-13H2,1-2H3,(H2,21,22,23). The molecule has 0 aromatic heterocycles. The predicted octanol–water partition coefficient (Wildman–Crippen LogP) is 5.45. The normalized spacial score (nSPS) is 11.8. The van der Waals surface area contributed by atoms with Crippen LogP contribution in [0, 0.1) is 5.92 Å². The minimum Gasteiger partial charge on any atom is -0.338 e. The Hall–Kier alpha value is -1.65. The minimum absolute atomic E-state index is 0.164. The van der Waals surface area contributed by atoms with Crippen LogP contribution < -0.4 is 10.6 Å². The van der Waals surface area contributed by atoms with Gasteiger partial charge in [-0.1, -0.05) is 37.6 Å². The van der Waals surface area contributed by atoms with Crippen LogP contribution in [0.4, 0.5) is 10.5 Å². The Kier molecular flexibility index (Phi) is 7.47. The zero-order valence-corrected chi connectivity index (χ0v) is 15.6. The summed E-state index contributed by atoms with van der Waals surface area (Å²) in [6.45, 7) is 4.87. The molecule has 0 saturated carbocycles. The molecule has 0 bridgehead atoms. The Morgan fingerprint density at radius 2 is 1.79 bits per heavy atom. The van der Waals surface area contributed by atoms with Gasteiger partial charge in [-0.15, -0.1) is 11.8 Å². The molecule has 5 heteroatoms. The summed E-state index contributed by atoms with van der Waals surface area (Å²) in [5.41, 5.74) is 2.07. The van der Waals surface area contributed by atoms with E-state index in [1.54, 1.807) is 11.8 Å². The molecule has 0 spiro atoms. The third kappa shape index (κ3) is 6.46. The number of hydrogen-bond acceptors (Lipinski definition) is 2. The number of thioether (sulfide) groups is 1. The Labute approximate surface area is 153 Å². The van der Waals surface area contributed by atoms with Crippen LogP contribution in [0.15, 0.2) is 53.4 Å². The molecule has 2 aromatic rings. The molecule has 2 amide bonds. The fourth-order valence-electron chi connectivity index (χ4n) is 2.09. The van der Waals surface area contributed by atoms with Gasteiger partial charge in [-0.2, -0.15) is 0 Å². The number of rotatable bonds is 7. The van der Waals surface area contributed by atoms with Crippen molar-refractivity contribution in [3.63, 3.8) is 0 Å². The van der Waals surface area contributed by atoms with Gasteiger partial charge in [0.2, 0.25) is 0 Å². The molecule has 0 radical (unpaired) electrons. The van der Waals surface area contributed by atoms with Gasteiger partial charge < -0.3 is 10.6 Å². The number of aryl methyl sites for hydroxylation is 1. The molecule has 0 aliphatic heterocycles. The SMILES string of the molecule is CCc1ccc(NC(=O)NCC(C)CSc2ccc(Cl)cc2)cc1. The molecule has 1 atom stereocenters. The molecule has 0 aliphatic carbocycles. The largest absolute Gasteiger partial charge is 0.338 e. The number of carbonyl (C=O) groups is 1. The molecule has 1 unspecified atom stereocenters. The van der Waals surface area contributed by atoms with Crippen molar-refractivity contribution in [3.05, 3.63) is 59.1 Å². The molecule has 24 heavy (non-hydrogen) atoms. The lowest BCUT2D eigenvalue weighted by Gasteiger charge is -2.13. The van der Waals surface area contributed by atoms with Crippen molar-refractivity contribution in [2.24, 2.45) is 5.92 Å². The monoisotopic (exact) mass is 362 g/mol. The number of hydrogen-bond donors (Lipinski definition) is 2. The van der Waals surface area contributed by atoms with E-state index in [2.05, 4.69) is 24.5 Å². The summed E-state index contributed by atoms with van der Waals surface area (Å²) in [6, 6.07) is 15.6. The van der Waals surface area contributed by atoms with Gasteiger partial charge >= 0.3 is 6.03 Å². The van der Waals surface area contributed by atoms with Crippen LogP contribution in [0.25, 0.3) is 0 Å². The van der Waals surface area contributed by atoms with Crippen LogP contribution in [-0.2, 0) is 6.42 Å². The highest BCUT2D eigenvalue weighted by Crippen LogP contribution is 2.22. The second-order valence-corrected chi connectivity index (χ2v) is 7.29. The van der Waals surface area contributed by atoms with Gasteiger partial charge in [-0.05, 0) is 54.3 Å². The summed E-state index contributed by atoms with van der Waals surface area (Å²) >= 11 is 7.65. The number of benzene rings is 2. The summed E-state index contributed by atoms with van der Waals surface area (Å²) in [5, 5.41) is 6.53. The van der Waals surface area contributed by atoms with Crippen molar-refractivity contribution in [3.8, 4) is 0 Å². The zero-order chi connectivity index (χ0) is 17.4. The van der Waals surface area contributed by atoms with E-state index in [-0.39, 0.29) is 6.03 Å². The van der Waals surface area contributed by atoms with Gasteiger partial charge in [0.15, 0.2) is 0 Å². The smallest absolute Gasteiger partial charge is 0.319 e. The van der Waals surface area contributed by atoms with E-state index in [4.69, 9.17) is 11.6 Å². The van der Waals surface area contributed by atoms with Gasteiger partial charge in [-0.3, -0.25) is 0 Å². The van der Waals surface area contributed by atoms with E-state index < -0.39 is 0 Å². The molecule has 0 heterocycles. The molecule has 0 aliphatic rings. The summed E-state index contributed by atoms with van der Waals surface area (Å²) in [4.78, 5) is 13.1. The molecule has 2 aromatic carbocycles. The fraction of sp³-hybridized carbons (Fsp3) is 0.316. The topological polar surface area (TPSA) is 41.1 Å². The van der Waals surface area contributed by atoms with Gasteiger partial charge in [0.25, 0.3) is 0 Å². The lowest BCUT2D eigenvalue weighted by atomic mass is 10.1. The third-order valence-electron chi connectivity index (χ3n) is 3.58. The van der Waals surface area contributed by atoms with Gasteiger partial charge in [0.05, 0.1) is 0 Å². The Morgan fingerprint density at radius 3 is 2.42 bits per heavy atom. The fourth-order valence-corrected chi connectivity index (χ4v) is 3.14. The zero-order valence-electron chi connectivity index (χ0n) is 14.0. The second kappa shape index (κ2) is 9.60. The Balaban J connectivity index is 1.69. The number of urea groups is 1. The van der Waals surface area contributed by atoms with Crippen molar-refractivity contribution in [1.82, 2.24) is 5.32 Å². The average molecular weight is 363 g/mol. The molecular weight excluding hydrogens is 340 g/mol. The molecule has 0 fully saturated rings. The number of halogens is 1. The first-order chi connectivity index (χ1) is 11.6. The first kappa shape index (κ1) is 18.7. The van der Waals surface area contributed by atoms with Crippen LogP contribution in [0.3, 0.4) is 0 Å². The lowest BCUT2D eigenvalue weighted by Crippen LogP contribution is -2.32. The highest BCUT2D eigenvalue weighted by atomic mass is 35.5. The second-order valence-electron chi connectivity index (χ2n) is 5.76. The highest BCUT2D eigenvalue weighted by Gasteiger charge is 2.07. The molecule has 2 N–H and O–H groups in total. The maximum atomic E-state index is 11.9. The van der Waals surface area contributed by atoms with Crippen molar-refractivity contribution in [2.75, 3.05) is 17.6 Å². The van der Waals surface area contributed by atoms with Crippen LogP contribution in [0.2, 0.25) is 5.02 Å². The Bertz CT molecular complexity index is 643. The van der Waals surface area contributed by atoms with Crippen molar-refractivity contribution in [1.29, 1.82) is 0 Å². The number of carbonyl (C=O) groups excluding carboxylic acids is 1. The van der Waals surface area contributed by atoms with E-state index in [1.807, 2.05) is 48.5 Å². The quantitative estimate of drug-likeness (QED) is 0.643. The molecule has 3 nitrogen and oxygen atoms in total. The number of amides is 2. The van der Waals surface area contributed by atoms with Crippen molar-refractivity contribution >= 4 is 35.1 Å². The van der Waals surface area contributed by atoms with E-state index in [0.29, 0.717) is 12.5 Å². The van der Waals surface area contributed by atoms with Crippen LogP contribution >= 0.6 is 23.4 Å². The Morgan fingerprint density at radius 1 is 1.12 bits per heavy atom. The molecule has 2 rings (SSSR count). The van der Waals surface area contributed by atoms with Crippen LogP contribution in [0.5, 0.6) is 0 Å². The molecule has 128 valence electrons. The molecule has 0 saturated heterocycles. The van der Waals surface area contributed by atoms with Gasteiger partial charge in [0.1, 0.15) is 0 Å². The number of anilines is 1. The van der Waals surface area contributed by atoms with E-state index in [1.165, 1.54) is 10.5 Å². The number of nitrogens with one attached hydrogen (secondary N) is 2. The highest BCUT2D eigenvalue weighted by molar-refractivity contribution is 7.99.